The standard InChI is InChI=1S/C17H20FNO2/c1-3-12-4-9-15(16(10-12)20-2)21-17(11-19)13-5-7-14(18)8-6-13/h4-10,17H,3,11,19H2,1-2H3. The van der Waals surface area contributed by atoms with Crippen LogP contribution in [0.1, 0.15) is 24.2 Å². The minimum atomic E-state index is -0.341. The minimum Gasteiger partial charge on any atom is -0.493 e. The lowest BCUT2D eigenvalue weighted by Crippen LogP contribution is -2.18. The second-order valence-electron chi connectivity index (χ2n) is 4.73. The molecule has 1 atom stereocenters. The van der Waals surface area contributed by atoms with E-state index in [9.17, 15) is 4.39 Å². The van der Waals surface area contributed by atoms with Gasteiger partial charge in [0.15, 0.2) is 11.5 Å². The van der Waals surface area contributed by atoms with Crippen LogP contribution in [0.3, 0.4) is 0 Å². The van der Waals surface area contributed by atoms with E-state index in [1.54, 1.807) is 19.2 Å². The van der Waals surface area contributed by atoms with Gasteiger partial charge in [0.25, 0.3) is 0 Å². The number of aryl methyl sites for hydroxylation is 1. The van der Waals surface area contributed by atoms with Crippen LogP contribution < -0.4 is 15.2 Å². The molecular formula is C17H20FNO2. The minimum absolute atomic E-state index is 0.278. The highest BCUT2D eigenvalue weighted by atomic mass is 19.1. The van der Waals surface area contributed by atoms with Crippen LogP contribution in [0.2, 0.25) is 0 Å². The first-order valence-corrected chi connectivity index (χ1v) is 6.97. The van der Waals surface area contributed by atoms with Crippen molar-refractivity contribution in [3.05, 3.63) is 59.4 Å². The summed E-state index contributed by atoms with van der Waals surface area (Å²) in [6.07, 6.45) is 0.585. The van der Waals surface area contributed by atoms with Gasteiger partial charge in [-0.05, 0) is 41.8 Å². The topological polar surface area (TPSA) is 44.5 Å². The molecule has 0 aromatic heterocycles. The second-order valence-corrected chi connectivity index (χ2v) is 4.73. The monoisotopic (exact) mass is 289 g/mol. The van der Waals surface area contributed by atoms with Crippen molar-refractivity contribution in [1.29, 1.82) is 0 Å². The number of benzene rings is 2. The molecule has 0 spiro atoms. The number of ether oxygens (including phenoxy) is 2. The van der Waals surface area contributed by atoms with Crippen LogP contribution in [0.25, 0.3) is 0 Å². The average molecular weight is 289 g/mol. The van der Waals surface area contributed by atoms with Crippen LogP contribution in [-0.2, 0) is 6.42 Å². The maximum atomic E-state index is 13.0. The maximum absolute atomic E-state index is 13.0. The molecule has 2 aromatic carbocycles. The Hall–Kier alpha value is -2.07. The highest BCUT2D eigenvalue weighted by Crippen LogP contribution is 2.32. The molecular weight excluding hydrogens is 269 g/mol. The Morgan fingerprint density at radius 2 is 1.81 bits per heavy atom. The van der Waals surface area contributed by atoms with Crippen LogP contribution in [0.4, 0.5) is 4.39 Å². The summed E-state index contributed by atoms with van der Waals surface area (Å²) in [6, 6.07) is 12.0. The summed E-state index contributed by atoms with van der Waals surface area (Å²) in [7, 11) is 1.61. The average Bonchev–Trinajstić information content (AvgIpc) is 2.53. The van der Waals surface area contributed by atoms with E-state index >= 15 is 0 Å². The van der Waals surface area contributed by atoms with Gasteiger partial charge in [-0.15, -0.1) is 0 Å². The van der Waals surface area contributed by atoms with Crippen molar-refractivity contribution < 1.29 is 13.9 Å². The molecule has 0 saturated heterocycles. The number of methoxy groups -OCH3 is 1. The molecule has 112 valence electrons. The van der Waals surface area contributed by atoms with Crippen LogP contribution in [-0.4, -0.2) is 13.7 Å². The van der Waals surface area contributed by atoms with Gasteiger partial charge < -0.3 is 15.2 Å². The van der Waals surface area contributed by atoms with Crippen molar-refractivity contribution in [1.82, 2.24) is 0 Å². The molecule has 0 fully saturated rings. The van der Waals surface area contributed by atoms with Crippen molar-refractivity contribution in [2.24, 2.45) is 5.73 Å². The SMILES string of the molecule is CCc1ccc(OC(CN)c2ccc(F)cc2)c(OC)c1. The summed E-state index contributed by atoms with van der Waals surface area (Å²) < 4.78 is 24.3. The second kappa shape index (κ2) is 7.09. The Kier molecular flexibility index (Phi) is 5.17. The number of hydrogen-bond acceptors (Lipinski definition) is 3. The molecule has 0 aliphatic heterocycles. The molecule has 0 saturated carbocycles. The predicted molar refractivity (Wildman–Crippen MR) is 81.2 cm³/mol. The molecule has 3 nitrogen and oxygen atoms in total. The van der Waals surface area contributed by atoms with Gasteiger partial charge in [0, 0.05) is 6.54 Å². The smallest absolute Gasteiger partial charge is 0.162 e. The van der Waals surface area contributed by atoms with Crippen molar-refractivity contribution in [3.63, 3.8) is 0 Å². The molecule has 2 N–H and O–H groups in total. The van der Waals surface area contributed by atoms with Crippen LogP contribution in [0.15, 0.2) is 42.5 Å². The van der Waals surface area contributed by atoms with Gasteiger partial charge >= 0.3 is 0 Å². The predicted octanol–water partition coefficient (Wildman–Crippen LogP) is 3.48. The molecule has 2 rings (SSSR count). The molecule has 0 aliphatic carbocycles. The zero-order valence-corrected chi connectivity index (χ0v) is 12.3. The quantitative estimate of drug-likeness (QED) is 0.885. The van der Waals surface area contributed by atoms with E-state index in [-0.39, 0.29) is 11.9 Å². The van der Waals surface area contributed by atoms with E-state index in [0.29, 0.717) is 18.0 Å². The van der Waals surface area contributed by atoms with E-state index < -0.39 is 0 Å². The Balaban J connectivity index is 2.24. The third-order valence-electron chi connectivity index (χ3n) is 3.36. The molecule has 1 unspecified atom stereocenters. The Morgan fingerprint density at radius 3 is 2.38 bits per heavy atom. The van der Waals surface area contributed by atoms with Crippen LogP contribution in [0.5, 0.6) is 11.5 Å². The van der Waals surface area contributed by atoms with Crippen LogP contribution in [0, 0.1) is 5.82 Å². The van der Waals surface area contributed by atoms with E-state index in [1.165, 1.54) is 17.7 Å². The maximum Gasteiger partial charge on any atom is 0.162 e. The van der Waals surface area contributed by atoms with E-state index in [2.05, 4.69) is 6.92 Å². The van der Waals surface area contributed by atoms with E-state index in [4.69, 9.17) is 15.2 Å². The summed E-state index contributed by atoms with van der Waals surface area (Å²) in [6.45, 7) is 2.38. The van der Waals surface area contributed by atoms with Gasteiger partial charge in [0.1, 0.15) is 11.9 Å². The first kappa shape index (κ1) is 15.3. The number of nitrogens with two attached hydrogens (primary N) is 1. The van der Waals surface area contributed by atoms with E-state index in [1.807, 2.05) is 18.2 Å². The largest absolute Gasteiger partial charge is 0.493 e. The molecule has 0 heterocycles. The lowest BCUT2D eigenvalue weighted by molar-refractivity contribution is 0.204. The molecule has 0 radical (unpaired) electrons. The number of hydrogen-bond donors (Lipinski definition) is 1. The highest BCUT2D eigenvalue weighted by molar-refractivity contribution is 5.43. The molecule has 2 aromatic rings. The fourth-order valence-electron chi connectivity index (χ4n) is 2.11. The fourth-order valence-corrected chi connectivity index (χ4v) is 2.11. The molecule has 0 bridgehead atoms. The molecule has 4 heteroatoms. The fraction of sp³-hybridized carbons (Fsp3) is 0.294. The van der Waals surface area contributed by atoms with Gasteiger partial charge in [0.05, 0.1) is 7.11 Å². The van der Waals surface area contributed by atoms with Gasteiger partial charge in [0.2, 0.25) is 0 Å². The summed E-state index contributed by atoms with van der Waals surface area (Å²) in [5, 5.41) is 0. The summed E-state index contributed by atoms with van der Waals surface area (Å²) in [5.41, 5.74) is 7.78. The lowest BCUT2D eigenvalue weighted by atomic mass is 10.1. The van der Waals surface area contributed by atoms with Crippen molar-refractivity contribution in [3.8, 4) is 11.5 Å². The zero-order valence-electron chi connectivity index (χ0n) is 12.3. The highest BCUT2D eigenvalue weighted by Gasteiger charge is 2.14. The number of rotatable bonds is 6. The first-order chi connectivity index (χ1) is 10.2. The van der Waals surface area contributed by atoms with Crippen molar-refractivity contribution in [2.75, 3.05) is 13.7 Å². The third-order valence-corrected chi connectivity index (χ3v) is 3.36. The summed E-state index contributed by atoms with van der Waals surface area (Å²) in [5.74, 6) is 1.03. The molecule has 0 amide bonds. The van der Waals surface area contributed by atoms with Gasteiger partial charge in [-0.25, -0.2) is 4.39 Å². The molecule has 21 heavy (non-hydrogen) atoms. The zero-order chi connectivity index (χ0) is 15.2. The van der Waals surface area contributed by atoms with Gasteiger partial charge in [-0.3, -0.25) is 0 Å². The number of halogens is 1. The summed E-state index contributed by atoms with van der Waals surface area (Å²) in [4.78, 5) is 0. The first-order valence-electron chi connectivity index (χ1n) is 6.97. The van der Waals surface area contributed by atoms with Crippen molar-refractivity contribution >= 4 is 0 Å². The van der Waals surface area contributed by atoms with Crippen molar-refractivity contribution in [2.45, 2.75) is 19.4 Å². The van der Waals surface area contributed by atoms with Gasteiger partial charge in [-0.1, -0.05) is 25.1 Å². The Labute approximate surface area is 124 Å². The normalized spacial score (nSPS) is 12.0. The Morgan fingerprint density at radius 1 is 1.10 bits per heavy atom. The van der Waals surface area contributed by atoms with Crippen LogP contribution >= 0.6 is 0 Å². The Bertz CT molecular complexity index is 584. The summed E-state index contributed by atoms with van der Waals surface area (Å²) >= 11 is 0. The van der Waals surface area contributed by atoms with Gasteiger partial charge in [-0.2, -0.15) is 0 Å². The third kappa shape index (κ3) is 3.73. The molecule has 0 aliphatic rings. The lowest BCUT2D eigenvalue weighted by Gasteiger charge is -2.20. The van der Waals surface area contributed by atoms with E-state index in [0.717, 1.165) is 12.0 Å².